The highest BCUT2D eigenvalue weighted by Gasteiger charge is 2.21. The van der Waals surface area contributed by atoms with Crippen LogP contribution in [0.25, 0.3) is 10.9 Å². The summed E-state index contributed by atoms with van der Waals surface area (Å²) in [6.45, 7) is 0.733. The summed E-state index contributed by atoms with van der Waals surface area (Å²) in [6, 6.07) is 16.3. The summed E-state index contributed by atoms with van der Waals surface area (Å²) in [5.41, 5.74) is 4.30. The summed E-state index contributed by atoms with van der Waals surface area (Å²) in [5.74, 6) is -0.0411. The van der Waals surface area contributed by atoms with Crippen LogP contribution in [0, 0.1) is 0 Å². The minimum Gasteiger partial charge on any atom is -0.385 e. The number of nitrogens with one attached hydrogen (secondary N) is 2. The number of rotatable bonds is 10. The smallest absolute Gasteiger partial charge is 0.211 e. The van der Waals surface area contributed by atoms with Crippen LogP contribution in [-0.4, -0.2) is 53.5 Å². The highest BCUT2D eigenvalue weighted by atomic mass is 32.2. The molecular weight excluding hydrogens is 386 g/mol. The molecule has 3 aromatic rings. The molecule has 0 aliphatic carbocycles. The second-order valence-corrected chi connectivity index (χ2v) is 9.27. The molecule has 0 spiro atoms. The van der Waals surface area contributed by atoms with Gasteiger partial charge in [0.25, 0.3) is 0 Å². The van der Waals surface area contributed by atoms with Crippen molar-refractivity contribution in [1.82, 2.24) is 9.71 Å². The molecule has 0 radical (unpaired) electrons. The van der Waals surface area contributed by atoms with Gasteiger partial charge < -0.3 is 14.6 Å². The molecule has 1 aromatic heterocycles. The number of para-hydroxylation sites is 1. The summed E-state index contributed by atoms with van der Waals surface area (Å²) < 4.78 is 32.6. The van der Waals surface area contributed by atoms with E-state index >= 15 is 0 Å². The van der Waals surface area contributed by atoms with Gasteiger partial charge in [-0.05, 0) is 35.7 Å². The third-order valence-corrected chi connectivity index (χ3v) is 6.51. The van der Waals surface area contributed by atoms with Crippen LogP contribution < -0.4 is 9.62 Å². The fourth-order valence-electron chi connectivity index (χ4n) is 3.47. The van der Waals surface area contributed by atoms with Gasteiger partial charge in [0.15, 0.2) is 0 Å². The molecule has 3 rings (SSSR count). The van der Waals surface area contributed by atoms with Crippen molar-refractivity contribution >= 4 is 26.6 Å². The number of hydrogen-bond acceptors (Lipinski definition) is 4. The highest BCUT2D eigenvalue weighted by molar-refractivity contribution is 7.89. The summed E-state index contributed by atoms with van der Waals surface area (Å²) in [6.07, 6.45) is 2.45. The zero-order valence-corrected chi connectivity index (χ0v) is 18.0. The van der Waals surface area contributed by atoms with Gasteiger partial charge in [-0.25, -0.2) is 13.1 Å². The molecule has 1 atom stereocenters. The van der Waals surface area contributed by atoms with Crippen LogP contribution in [0.2, 0.25) is 0 Å². The lowest BCUT2D eigenvalue weighted by molar-refractivity contribution is 0.199. The van der Waals surface area contributed by atoms with Crippen molar-refractivity contribution in [3.63, 3.8) is 0 Å². The zero-order valence-electron chi connectivity index (χ0n) is 17.2. The van der Waals surface area contributed by atoms with Gasteiger partial charge in [-0.1, -0.05) is 30.3 Å². The number of aromatic nitrogens is 1. The lowest BCUT2D eigenvalue weighted by atomic mass is 9.91. The lowest BCUT2D eigenvalue weighted by Crippen LogP contribution is -2.31. The standard InChI is InChI=1S/C22H29N3O3S/c1-25(2)18-11-9-17(10-12-18)20(16-24-29(26,27)14-6-13-28-3)21-15-23-22-8-5-4-7-19(21)22/h4-5,7-12,15,20,23-24H,6,13-14,16H2,1-3H3. The van der Waals surface area contributed by atoms with Gasteiger partial charge in [-0.3, -0.25) is 0 Å². The molecule has 0 saturated carbocycles. The Hall–Kier alpha value is -2.35. The highest BCUT2D eigenvalue weighted by Crippen LogP contribution is 2.31. The predicted octanol–water partition coefficient (Wildman–Crippen LogP) is 3.32. The molecule has 6 nitrogen and oxygen atoms in total. The molecule has 2 aromatic carbocycles. The monoisotopic (exact) mass is 415 g/mol. The predicted molar refractivity (Wildman–Crippen MR) is 119 cm³/mol. The van der Waals surface area contributed by atoms with E-state index in [1.807, 2.05) is 43.4 Å². The van der Waals surface area contributed by atoms with Crippen LogP contribution in [0.4, 0.5) is 5.69 Å². The Bertz CT molecular complexity index is 1030. The minimum absolute atomic E-state index is 0.0566. The van der Waals surface area contributed by atoms with E-state index in [0.717, 1.165) is 27.7 Å². The Kier molecular flexibility index (Phi) is 6.95. The quantitative estimate of drug-likeness (QED) is 0.498. The molecule has 0 amide bonds. The minimum atomic E-state index is -3.37. The number of aromatic amines is 1. The van der Waals surface area contributed by atoms with E-state index in [2.05, 4.69) is 40.0 Å². The summed E-state index contributed by atoms with van der Waals surface area (Å²) in [4.78, 5) is 5.35. The molecule has 0 bridgehead atoms. The molecule has 7 heteroatoms. The van der Waals surface area contributed by atoms with Crippen LogP contribution in [0.1, 0.15) is 23.5 Å². The molecule has 1 unspecified atom stereocenters. The van der Waals surface area contributed by atoms with Gasteiger partial charge >= 0.3 is 0 Å². The number of methoxy groups -OCH3 is 1. The second-order valence-electron chi connectivity index (χ2n) is 7.34. The maximum atomic E-state index is 12.4. The van der Waals surface area contributed by atoms with E-state index in [9.17, 15) is 8.42 Å². The normalized spacial score (nSPS) is 12.9. The van der Waals surface area contributed by atoms with E-state index in [0.29, 0.717) is 19.6 Å². The Morgan fingerprint density at radius 3 is 2.52 bits per heavy atom. The first-order valence-corrected chi connectivity index (χ1v) is 11.4. The number of anilines is 1. The number of H-pyrrole nitrogens is 1. The van der Waals surface area contributed by atoms with Gasteiger partial charge in [-0.2, -0.15) is 0 Å². The van der Waals surface area contributed by atoms with E-state index in [1.54, 1.807) is 7.11 Å². The number of hydrogen-bond donors (Lipinski definition) is 2. The SMILES string of the molecule is COCCCS(=O)(=O)NCC(c1ccc(N(C)C)cc1)c1c[nH]c2ccccc12. The van der Waals surface area contributed by atoms with Crippen LogP contribution in [0.5, 0.6) is 0 Å². The number of benzene rings is 2. The van der Waals surface area contributed by atoms with Gasteiger partial charge in [0.05, 0.1) is 5.75 Å². The van der Waals surface area contributed by atoms with Crippen molar-refractivity contribution in [3.05, 3.63) is 65.9 Å². The maximum Gasteiger partial charge on any atom is 0.211 e. The topological polar surface area (TPSA) is 74.4 Å². The third kappa shape index (κ3) is 5.38. The third-order valence-electron chi connectivity index (χ3n) is 5.08. The van der Waals surface area contributed by atoms with Crippen molar-refractivity contribution in [1.29, 1.82) is 0 Å². The van der Waals surface area contributed by atoms with Crippen LogP contribution in [-0.2, 0) is 14.8 Å². The Morgan fingerprint density at radius 2 is 1.83 bits per heavy atom. The Balaban J connectivity index is 1.89. The zero-order chi connectivity index (χ0) is 20.9. The maximum absolute atomic E-state index is 12.4. The number of sulfonamides is 1. The van der Waals surface area contributed by atoms with Crippen molar-refractivity contribution in [2.75, 3.05) is 45.0 Å². The molecule has 0 aliphatic heterocycles. The van der Waals surface area contributed by atoms with Gasteiger partial charge in [0.2, 0.25) is 10.0 Å². The number of ether oxygens (including phenoxy) is 1. The molecule has 0 saturated heterocycles. The Morgan fingerprint density at radius 1 is 1.10 bits per heavy atom. The summed E-state index contributed by atoms with van der Waals surface area (Å²) in [7, 11) is 2.20. The van der Waals surface area contributed by atoms with Crippen LogP contribution in [0.15, 0.2) is 54.7 Å². The summed E-state index contributed by atoms with van der Waals surface area (Å²) >= 11 is 0. The first-order chi connectivity index (χ1) is 13.9. The van der Waals surface area contributed by atoms with Crippen molar-refractivity contribution in [2.45, 2.75) is 12.3 Å². The number of fused-ring (bicyclic) bond motifs is 1. The van der Waals surface area contributed by atoms with Crippen molar-refractivity contribution in [2.24, 2.45) is 0 Å². The largest absolute Gasteiger partial charge is 0.385 e. The molecule has 0 fully saturated rings. The van der Waals surface area contributed by atoms with Gasteiger partial charge in [-0.15, -0.1) is 0 Å². The van der Waals surface area contributed by atoms with Crippen LogP contribution in [0.3, 0.4) is 0 Å². The first kappa shape index (κ1) is 21.4. The molecular formula is C22H29N3O3S. The van der Waals surface area contributed by atoms with E-state index in [-0.39, 0.29) is 11.7 Å². The Labute approximate surface area is 172 Å². The lowest BCUT2D eigenvalue weighted by Gasteiger charge is -2.20. The van der Waals surface area contributed by atoms with Gasteiger partial charge in [0.1, 0.15) is 0 Å². The van der Waals surface area contributed by atoms with Gasteiger partial charge in [0, 0.05) is 63.1 Å². The fraction of sp³-hybridized carbons (Fsp3) is 0.364. The first-order valence-electron chi connectivity index (χ1n) is 9.71. The molecule has 2 N–H and O–H groups in total. The molecule has 29 heavy (non-hydrogen) atoms. The average Bonchev–Trinajstić information content (AvgIpc) is 3.13. The van der Waals surface area contributed by atoms with E-state index in [4.69, 9.17) is 4.74 Å². The van der Waals surface area contributed by atoms with Crippen molar-refractivity contribution in [3.8, 4) is 0 Å². The average molecular weight is 416 g/mol. The van der Waals surface area contributed by atoms with E-state index < -0.39 is 10.0 Å². The fourth-order valence-corrected chi connectivity index (χ4v) is 4.53. The summed E-state index contributed by atoms with van der Waals surface area (Å²) in [5, 5.41) is 1.10. The molecule has 156 valence electrons. The van der Waals surface area contributed by atoms with E-state index in [1.165, 1.54) is 0 Å². The number of nitrogens with zero attached hydrogens (tertiary/aromatic N) is 1. The molecule has 0 aliphatic rings. The van der Waals surface area contributed by atoms with Crippen LogP contribution >= 0.6 is 0 Å². The second kappa shape index (κ2) is 9.43. The molecule has 1 heterocycles. The van der Waals surface area contributed by atoms with Crippen molar-refractivity contribution < 1.29 is 13.2 Å².